The fraction of sp³-hybridized carbons (Fsp3) is 0.154. The lowest BCUT2D eigenvalue weighted by atomic mass is 10.1. The van der Waals surface area contributed by atoms with Crippen LogP contribution in [-0.2, 0) is 0 Å². The zero-order chi connectivity index (χ0) is 15.6. The number of nitrogens with two attached hydrogens (primary N) is 1. The maximum Gasteiger partial charge on any atom is 0.334 e. The van der Waals surface area contributed by atoms with Crippen molar-refractivity contribution in [1.29, 1.82) is 0 Å². The Hall–Kier alpha value is -2.05. The SMILES string of the molecule is Cc1onc(-c2c(Cl)cccc2Cl)c1/C=N\N(C)C(N)=O. The molecule has 0 aliphatic carbocycles. The zero-order valence-electron chi connectivity index (χ0n) is 11.3. The lowest BCUT2D eigenvalue weighted by Crippen LogP contribution is -2.27. The molecule has 21 heavy (non-hydrogen) atoms. The number of urea groups is 1. The molecule has 0 spiro atoms. The number of benzene rings is 1. The van der Waals surface area contributed by atoms with Gasteiger partial charge in [-0.25, -0.2) is 9.80 Å². The van der Waals surface area contributed by atoms with Crippen molar-refractivity contribution in [2.75, 3.05) is 7.05 Å². The number of carbonyl (C=O) groups excluding carboxylic acids is 1. The van der Waals surface area contributed by atoms with Crippen LogP contribution in [0.2, 0.25) is 10.0 Å². The molecule has 1 aromatic heterocycles. The molecule has 6 nitrogen and oxygen atoms in total. The molecule has 0 fully saturated rings. The van der Waals surface area contributed by atoms with E-state index < -0.39 is 6.03 Å². The minimum absolute atomic E-state index is 0.439. The third kappa shape index (κ3) is 3.17. The molecular weight excluding hydrogens is 315 g/mol. The van der Waals surface area contributed by atoms with Gasteiger partial charge in [0.25, 0.3) is 0 Å². The van der Waals surface area contributed by atoms with Crippen molar-refractivity contribution >= 4 is 35.4 Å². The van der Waals surface area contributed by atoms with E-state index in [0.717, 1.165) is 5.01 Å². The van der Waals surface area contributed by atoms with E-state index in [1.165, 1.54) is 13.3 Å². The molecule has 0 unspecified atom stereocenters. The fourth-order valence-corrected chi connectivity index (χ4v) is 2.21. The first-order chi connectivity index (χ1) is 9.91. The van der Waals surface area contributed by atoms with Crippen LogP contribution in [0.25, 0.3) is 11.3 Å². The normalized spacial score (nSPS) is 11.0. The van der Waals surface area contributed by atoms with E-state index >= 15 is 0 Å². The second-order valence-corrected chi connectivity index (χ2v) is 5.02. The first-order valence-electron chi connectivity index (χ1n) is 5.89. The van der Waals surface area contributed by atoms with Crippen molar-refractivity contribution in [2.24, 2.45) is 10.8 Å². The average Bonchev–Trinajstić information content (AvgIpc) is 2.77. The number of hydrogen-bond donors (Lipinski definition) is 1. The van der Waals surface area contributed by atoms with Gasteiger partial charge in [-0.3, -0.25) is 0 Å². The molecule has 2 N–H and O–H groups in total. The quantitative estimate of drug-likeness (QED) is 0.693. The van der Waals surface area contributed by atoms with Crippen LogP contribution in [0.3, 0.4) is 0 Å². The molecule has 0 radical (unpaired) electrons. The summed E-state index contributed by atoms with van der Waals surface area (Å²) >= 11 is 12.3. The summed E-state index contributed by atoms with van der Waals surface area (Å²) < 4.78 is 5.16. The summed E-state index contributed by atoms with van der Waals surface area (Å²) in [6.45, 7) is 1.72. The number of hydrazone groups is 1. The van der Waals surface area contributed by atoms with Gasteiger partial charge in [-0.2, -0.15) is 5.10 Å². The number of primary amides is 1. The Morgan fingerprint density at radius 2 is 2.05 bits per heavy atom. The van der Waals surface area contributed by atoms with E-state index in [2.05, 4.69) is 10.3 Å². The van der Waals surface area contributed by atoms with Gasteiger partial charge in [-0.1, -0.05) is 34.4 Å². The smallest absolute Gasteiger partial charge is 0.334 e. The van der Waals surface area contributed by atoms with Gasteiger partial charge in [-0.15, -0.1) is 0 Å². The number of hydrogen-bond acceptors (Lipinski definition) is 4. The Labute approximate surface area is 131 Å². The highest BCUT2D eigenvalue weighted by Crippen LogP contribution is 2.36. The third-order valence-electron chi connectivity index (χ3n) is 2.79. The molecule has 2 amide bonds. The summed E-state index contributed by atoms with van der Waals surface area (Å²) in [4.78, 5) is 11.0. The molecule has 0 saturated carbocycles. The number of carbonyl (C=O) groups is 1. The topological polar surface area (TPSA) is 84.7 Å². The van der Waals surface area contributed by atoms with Gasteiger partial charge in [0.2, 0.25) is 0 Å². The van der Waals surface area contributed by atoms with Crippen LogP contribution < -0.4 is 5.73 Å². The predicted octanol–water partition coefficient (Wildman–Crippen LogP) is 3.30. The summed E-state index contributed by atoms with van der Waals surface area (Å²) in [7, 11) is 1.43. The number of rotatable bonds is 3. The standard InChI is InChI=1S/C13H12Cl2N4O2/c1-7-8(6-17-19(2)13(16)20)12(18-21-7)11-9(14)4-3-5-10(11)15/h3-6H,1-2H3,(H2,16,20)/b17-6-. The van der Waals surface area contributed by atoms with Crippen LogP contribution in [0, 0.1) is 6.92 Å². The third-order valence-corrected chi connectivity index (χ3v) is 3.42. The molecule has 1 heterocycles. The van der Waals surface area contributed by atoms with E-state index in [4.69, 9.17) is 33.5 Å². The first kappa shape index (κ1) is 15.3. The molecule has 8 heteroatoms. The zero-order valence-corrected chi connectivity index (χ0v) is 12.8. The van der Waals surface area contributed by atoms with Gasteiger partial charge >= 0.3 is 6.03 Å². The van der Waals surface area contributed by atoms with Crippen molar-refractivity contribution < 1.29 is 9.32 Å². The van der Waals surface area contributed by atoms with Crippen molar-refractivity contribution in [2.45, 2.75) is 6.92 Å². The van der Waals surface area contributed by atoms with Crippen LogP contribution in [0.4, 0.5) is 4.79 Å². The second-order valence-electron chi connectivity index (χ2n) is 4.20. The molecule has 0 atom stereocenters. The molecular formula is C13H12Cl2N4O2. The van der Waals surface area contributed by atoms with Crippen LogP contribution >= 0.6 is 23.2 Å². The number of amides is 2. The molecule has 110 valence electrons. The average molecular weight is 327 g/mol. The fourth-order valence-electron chi connectivity index (χ4n) is 1.64. The molecule has 0 bridgehead atoms. The predicted molar refractivity (Wildman–Crippen MR) is 81.6 cm³/mol. The lowest BCUT2D eigenvalue weighted by Gasteiger charge is -2.06. The number of aromatic nitrogens is 1. The van der Waals surface area contributed by atoms with Crippen LogP contribution in [0.1, 0.15) is 11.3 Å². The van der Waals surface area contributed by atoms with Crippen molar-refractivity contribution in [3.63, 3.8) is 0 Å². The van der Waals surface area contributed by atoms with Gasteiger partial charge in [0.1, 0.15) is 11.5 Å². The Morgan fingerprint density at radius 1 is 1.43 bits per heavy atom. The Kier molecular flexibility index (Phi) is 4.50. The van der Waals surface area contributed by atoms with E-state index in [0.29, 0.717) is 32.6 Å². The van der Waals surface area contributed by atoms with Crippen LogP contribution in [0.5, 0.6) is 0 Å². The van der Waals surface area contributed by atoms with Crippen LogP contribution in [-0.4, -0.2) is 29.5 Å². The minimum Gasteiger partial charge on any atom is -0.360 e. The lowest BCUT2D eigenvalue weighted by molar-refractivity contribution is 0.220. The largest absolute Gasteiger partial charge is 0.360 e. The first-order valence-corrected chi connectivity index (χ1v) is 6.65. The van der Waals surface area contributed by atoms with E-state index in [1.807, 2.05) is 0 Å². The molecule has 0 saturated heterocycles. The Bertz CT molecular complexity index is 692. The van der Waals surface area contributed by atoms with Gasteiger partial charge in [-0.05, 0) is 19.1 Å². The van der Waals surface area contributed by atoms with Gasteiger partial charge in [0.05, 0.1) is 21.8 Å². The number of halogens is 2. The van der Waals surface area contributed by atoms with E-state index in [1.54, 1.807) is 25.1 Å². The highest BCUT2D eigenvalue weighted by Gasteiger charge is 2.18. The van der Waals surface area contributed by atoms with Crippen molar-refractivity contribution in [1.82, 2.24) is 10.2 Å². The van der Waals surface area contributed by atoms with Gasteiger partial charge in [0.15, 0.2) is 0 Å². The highest BCUT2D eigenvalue weighted by atomic mass is 35.5. The van der Waals surface area contributed by atoms with Crippen LogP contribution in [0.15, 0.2) is 27.8 Å². The van der Waals surface area contributed by atoms with E-state index in [9.17, 15) is 4.79 Å². The Balaban J connectivity index is 2.51. The van der Waals surface area contributed by atoms with Gasteiger partial charge in [0, 0.05) is 12.6 Å². The maximum absolute atomic E-state index is 11.0. The van der Waals surface area contributed by atoms with E-state index in [-0.39, 0.29) is 0 Å². The number of aryl methyl sites for hydroxylation is 1. The Morgan fingerprint density at radius 3 is 2.62 bits per heavy atom. The molecule has 0 aliphatic rings. The molecule has 2 rings (SSSR count). The molecule has 0 aliphatic heterocycles. The maximum atomic E-state index is 11.0. The van der Waals surface area contributed by atoms with Crippen molar-refractivity contribution in [3.05, 3.63) is 39.6 Å². The van der Waals surface area contributed by atoms with Crippen molar-refractivity contribution in [3.8, 4) is 11.3 Å². The summed E-state index contributed by atoms with van der Waals surface area (Å²) in [5, 5.41) is 9.75. The number of nitrogens with zero attached hydrogens (tertiary/aromatic N) is 3. The summed E-state index contributed by atoms with van der Waals surface area (Å²) in [5.41, 5.74) is 6.66. The summed E-state index contributed by atoms with van der Waals surface area (Å²) in [6.07, 6.45) is 1.42. The summed E-state index contributed by atoms with van der Waals surface area (Å²) in [5.74, 6) is 0.516. The highest BCUT2D eigenvalue weighted by molar-refractivity contribution is 6.39. The molecule has 2 aromatic rings. The molecule has 1 aromatic carbocycles. The van der Waals surface area contributed by atoms with Gasteiger partial charge < -0.3 is 10.3 Å². The second kappa shape index (κ2) is 6.15. The monoisotopic (exact) mass is 326 g/mol. The summed E-state index contributed by atoms with van der Waals surface area (Å²) in [6, 6.07) is 4.44. The minimum atomic E-state index is -0.683.